The third-order valence-corrected chi connectivity index (χ3v) is 3.23. The molecule has 0 saturated heterocycles. The van der Waals surface area contributed by atoms with Crippen LogP contribution in [-0.2, 0) is 21.5 Å². The van der Waals surface area contributed by atoms with Gasteiger partial charge in [0.05, 0.1) is 0 Å². The molecule has 0 aromatic heterocycles. The van der Waals surface area contributed by atoms with Crippen molar-refractivity contribution in [2.24, 2.45) is 0 Å². The van der Waals surface area contributed by atoms with Gasteiger partial charge in [-0.05, 0) is 30.4 Å². The van der Waals surface area contributed by atoms with Gasteiger partial charge in [0.25, 0.3) is 0 Å². The number of aliphatic carboxylic acids is 1. The second-order valence-electron chi connectivity index (χ2n) is 4.40. The Kier molecular flexibility index (Phi) is 2.88. The monoisotopic (exact) mass is 233 g/mol. The van der Waals surface area contributed by atoms with Crippen molar-refractivity contribution in [1.82, 2.24) is 5.32 Å². The smallest absolute Gasteiger partial charge is 0.334 e. The van der Waals surface area contributed by atoms with Crippen molar-refractivity contribution in [3.05, 3.63) is 35.4 Å². The molecule has 0 heterocycles. The molecule has 0 aliphatic heterocycles. The van der Waals surface area contributed by atoms with E-state index in [1.807, 2.05) is 18.2 Å². The van der Waals surface area contributed by atoms with Gasteiger partial charge in [-0.2, -0.15) is 0 Å². The van der Waals surface area contributed by atoms with E-state index in [0.717, 1.165) is 18.4 Å². The van der Waals surface area contributed by atoms with Gasteiger partial charge in [-0.3, -0.25) is 4.79 Å². The summed E-state index contributed by atoms with van der Waals surface area (Å²) in [7, 11) is 0. The molecule has 0 spiro atoms. The number of aryl methyl sites for hydroxylation is 1. The first kappa shape index (κ1) is 11.6. The number of hydrogen-bond acceptors (Lipinski definition) is 2. The lowest BCUT2D eigenvalue weighted by atomic mass is 9.76. The van der Waals surface area contributed by atoms with Gasteiger partial charge in [0.2, 0.25) is 5.91 Å². The molecule has 90 valence electrons. The molecule has 1 aliphatic rings. The Bertz CT molecular complexity index is 469. The first-order valence-electron chi connectivity index (χ1n) is 5.67. The van der Waals surface area contributed by atoms with Gasteiger partial charge < -0.3 is 10.4 Å². The van der Waals surface area contributed by atoms with E-state index in [1.165, 1.54) is 6.92 Å². The van der Waals surface area contributed by atoms with E-state index in [2.05, 4.69) is 5.32 Å². The van der Waals surface area contributed by atoms with Crippen LogP contribution >= 0.6 is 0 Å². The number of nitrogens with one attached hydrogen (secondary N) is 1. The Balaban J connectivity index is 2.55. The van der Waals surface area contributed by atoms with Crippen LogP contribution in [0.3, 0.4) is 0 Å². The Labute approximate surface area is 99.6 Å². The summed E-state index contributed by atoms with van der Waals surface area (Å²) in [5, 5.41) is 12.1. The minimum absolute atomic E-state index is 0.316. The highest BCUT2D eigenvalue weighted by atomic mass is 16.4. The lowest BCUT2D eigenvalue weighted by Crippen LogP contribution is -2.53. The van der Waals surface area contributed by atoms with Gasteiger partial charge in [-0.1, -0.05) is 24.3 Å². The summed E-state index contributed by atoms with van der Waals surface area (Å²) >= 11 is 0. The van der Waals surface area contributed by atoms with Crippen molar-refractivity contribution >= 4 is 11.9 Å². The summed E-state index contributed by atoms with van der Waals surface area (Å²) in [6, 6.07) is 7.42. The number of amides is 1. The first-order chi connectivity index (χ1) is 8.06. The Morgan fingerprint density at radius 3 is 2.71 bits per heavy atom. The summed E-state index contributed by atoms with van der Waals surface area (Å²) in [6.45, 7) is 1.35. The second kappa shape index (κ2) is 4.20. The highest BCUT2D eigenvalue weighted by Gasteiger charge is 2.44. The van der Waals surface area contributed by atoms with Gasteiger partial charge in [-0.15, -0.1) is 0 Å². The van der Waals surface area contributed by atoms with Crippen LogP contribution in [0.25, 0.3) is 0 Å². The molecule has 0 radical (unpaired) electrons. The van der Waals surface area contributed by atoms with Gasteiger partial charge in [0.1, 0.15) is 0 Å². The molecule has 1 aromatic carbocycles. The maximum atomic E-state index is 11.6. The molecular formula is C13H15NO3. The highest BCUT2D eigenvalue weighted by Crippen LogP contribution is 2.35. The molecule has 0 fully saturated rings. The van der Waals surface area contributed by atoms with Crippen LogP contribution in [0.2, 0.25) is 0 Å². The average Bonchev–Trinajstić information content (AvgIpc) is 2.28. The third kappa shape index (κ3) is 1.90. The molecule has 0 bridgehead atoms. The van der Waals surface area contributed by atoms with Crippen LogP contribution in [0.15, 0.2) is 24.3 Å². The summed E-state index contributed by atoms with van der Waals surface area (Å²) in [5.41, 5.74) is 0.476. The van der Waals surface area contributed by atoms with Crippen molar-refractivity contribution in [1.29, 1.82) is 0 Å². The van der Waals surface area contributed by atoms with Crippen molar-refractivity contribution < 1.29 is 14.7 Å². The fourth-order valence-electron chi connectivity index (χ4n) is 2.54. The molecule has 4 nitrogen and oxygen atoms in total. The second-order valence-corrected chi connectivity index (χ2v) is 4.40. The van der Waals surface area contributed by atoms with Crippen molar-refractivity contribution in [2.45, 2.75) is 31.7 Å². The predicted molar refractivity (Wildman–Crippen MR) is 62.5 cm³/mol. The fourth-order valence-corrected chi connectivity index (χ4v) is 2.54. The quantitative estimate of drug-likeness (QED) is 0.812. The first-order valence-corrected chi connectivity index (χ1v) is 5.67. The van der Waals surface area contributed by atoms with Gasteiger partial charge in [-0.25, -0.2) is 4.79 Å². The predicted octanol–water partition coefficient (Wildman–Crippen LogP) is 1.44. The Hall–Kier alpha value is -1.84. The number of carbonyl (C=O) groups excluding carboxylic acids is 1. The molecule has 2 N–H and O–H groups in total. The summed E-state index contributed by atoms with van der Waals surface area (Å²) in [5.74, 6) is -1.30. The van der Waals surface area contributed by atoms with Gasteiger partial charge >= 0.3 is 5.97 Å². The number of hydrogen-bond donors (Lipinski definition) is 2. The highest BCUT2D eigenvalue weighted by molar-refractivity contribution is 5.88. The van der Waals surface area contributed by atoms with Crippen molar-refractivity contribution in [2.75, 3.05) is 0 Å². The summed E-state index contributed by atoms with van der Waals surface area (Å²) in [6.07, 6.45) is 2.08. The molecule has 2 rings (SSSR count). The molecule has 17 heavy (non-hydrogen) atoms. The third-order valence-electron chi connectivity index (χ3n) is 3.23. The molecule has 1 atom stereocenters. The molecular weight excluding hydrogens is 218 g/mol. The van der Waals surface area contributed by atoms with E-state index >= 15 is 0 Å². The van der Waals surface area contributed by atoms with Gasteiger partial charge in [0, 0.05) is 6.92 Å². The molecule has 0 unspecified atom stereocenters. The van der Waals surface area contributed by atoms with E-state index < -0.39 is 11.5 Å². The zero-order valence-electron chi connectivity index (χ0n) is 9.69. The van der Waals surface area contributed by atoms with Crippen molar-refractivity contribution in [3.63, 3.8) is 0 Å². The largest absolute Gasteiger partial charge is 0.479 e. The van der Waals surface area contributed by atoms with Crippen LogP contribution in [0.4, 0.5) is 0 Å². The van der Waals surface area contributed by atoms with Crippen LogP contribution in [0.1, 0.15) is 30.9 Å². The maximum absolute atomic E-state index is 11.6. The van der Waals surface area contributed by atoms with E-state index in [1.54, 1.807) is 6.07 Å². The lowest BCUT2D eigenvalue weighted by Gasteiger charge is -2.35. The van der Waals surface area contributed by atoms with Crippen LogP contribution in [-0.4, -0.2) is 17.0 Å². The number of carboxylic acid groups (broad SMARTS) is 1. The fraction of sp³-hybridized carbons (Fsp3) is 0.385. The summed E-state index contributed by atoms with van der Waals surface area (Å²) < 4.78 is 0. The SMILES string of the molecule is CC(=O)N[C@]1(C(=O)O)CCCc2ccccc21. The number of carboxylic acids is 1. The number of rotatable bonds is 2. The molecule has 4 heteroatoms. The van der Waals surface area contributed by atoms with E-state index in [4.69, 9.17) is 0 Å². The van der Waals surface area contributed by atoms with E-state index in [9.17, 15) is 14.7 Å². The van der Waals surface area contributed by atoms with Gasteiger partial charge in [0.15, 0.2) is 5.54 Å². The summed E-state index contributed by atoms with van der Waals surface area (Å²) in [4.78, 5) is 22.8. The molecule has 1 amide bonds. The molecule has 1 aliphatic carbocycles. The number of carbonyl (C=O) groups is 2. The normalized spacial score (nSPS) is 22.6. The zero-order valence-corrected chi connectivity index (χ0v) is 9.69. The molecule has 1 aromatic rings. The zero-order chi connectivity index (χ0) is 12.5. The average molecular weight is 233 g/mol. The standard InChI is InChI=1S/C13H15NO3/c1-9(15)14-13(12(16)17)8-4-6-10-5-2-3-7-11(10)13/h2-3,5,7H,4,6,8H2,1H3,(H,14,15)(H,16,17)/t13-/m1/s1. The molecule has 0 saturated carbocycles. The van der Waals surface area contributed by atoms with Crippen LogP contribution < -0.4 is 5.32 Å². The Morgan fingerprint density at radius 2 is 2.06 bits per heavy atom. The number of fused-ring (bicyclic) bond motifs is 1. The van der Waals surface area contributed by atoms with Crippen LogP contribution in [0.5, 0.6) is 0 Å². The number of benzene rings is 1. The Morgan fingerprint density at radius 1 is 1.35 bits per heavy atom. The van der Waals surface area contributed by atoms with Crippen molar-refractivity contribution in [3.8, 4) is 0 Å². The van der Waals surface area contributed by atoms with E-state index in [-0.39, 0.29) is 5.91 Å². The van der Waals surface area contributed by atoms with E-state index in [0.29, 0.717) is 12.0 Å². The minimum atomic E-state index is -1.25. The lowest BCUT2D eigenvalue weighted by molar-refractivity contribution is -0.148. The maximum Gasteiger partial charge on any atom is 0.334 e. The topological polar surface area (TPSA) is 66.4 Å². The van der Waals surface area contributed by atoms with Crippen LogP contribution in [0, 0.1) is 0 Å². The minimum Gasteiger partial charge on any atom is -0.479 e.